The molecule has 0 unspecified atom stereocenters. The predicted molar refractivity (Wildman–Crippen MR) is 58.5 cm³/mol. The summed E-state index contributed by atoms with van der Waals surface area (Å²) in [5, 5.41) is 3.73. The zero-order valence-electron chi connectivity index (χ0n) is 8.54. The summed E-state index contributed by atoms with van der Waals surface area (Å²) in [4.78, 5) is 20.7. The summed E-state index contributed by atoms with van der Waals surface area (Å²) in [6, 6.07) is 7.34. The van der Waals surface area contributed by atoms with Crippen LogP contribution in [0, 0.1) is 0 Å². The van der Waals surface area contributed by atoms with Crippen LogP contribution in [0.2, 0.25) is 0 Å². The average molecular weight is 223 g/mol. The summed E-state index contributed by atoms with van der Waals surface area (Å²) >= 11 is 0. The lowest BCUT2D eigenvalue weighted by atomic mass is 10.1. The molecule has 4 rings (SSSR count). The third-order valence-corrected chi connectivity index (χ3v) is 2.85. The minimum absolute atomic E-state index is 0.0915. The Kier molecular flexibility index (Phi) is 1.39. The molecule has 1 aliphatic rings. The quantitative estimate of drug-likeness (QED) is 0.455. The van der Waals surface area contributed by atoms with E-state index in [-0.39, 0.29) is 5.78 Å². The van der Waals surface area contributed by atoms with Crippen molar-refractivity contribution >= 4 is 16.9 Å². The number of fused-ring (bicyclic) bond motifs is 4. The molecule has 2 heterocycles. The van der Waals surface area contributed by atoms with Gasteiger partial charge in [-0.1, -0.05) is 29.4 Å². The lowest BCUT2D eigenvalue weighted by molar-refractivity contribution is 0.103. The number of aromatic nitrogens is 3. The molecule has 0 N–H and O–H groups in total. The van der Waals surface area contributed by atoms with Crippen molar-refractivity contribution in [1.82, 2.24) is 15.1 Å². The molecule has 3 aromatic rings. The fourth-order valence-corrected chi connectivity index (χ4v) is 2.07. The van der Waals surface area contributed by atoms with Crippen molar-refractivity contribution in [1.29, 1.82) is 0 Å². The summed E-state index contributed by atoms with van der Waals surface area (Å²) in [7, 11) is 0. The zero-order valence-corrected chi connectivity index (χ0v) is 8.54. The van der Waals surface area contributed by atoms with Crippen molar-refractivity contribution in [2.45, 2.75) is 0 Å². The van der Waals surface area contributed by atoms with Gasteiger partial charge in [-0.3, -0.25) is 4.79 Å². The van der Waals surface area contributed by atoms with Gasteiger partial charge in [0.15, 0.2) is 6.26 Å². The maximum atomic E-state index is 12.1. The molecule has 0 aliphatic heterocycles. The van der Waals surface area contributed by atoms with Gasteiger partial charge < -0.3 is 4.52 Å². The van der Waals surface area contributed by atoms with Crippen molar-refractivity contribution in [3.8, 4) is 11.3 Å². The highest BCUT2D eigenvalue weighted by Crippen LogP contribution is 2.34. The molecule has 5 nitrogen and oxygen atoms in total. The Labute approximate surface area is 95.1 Å². The van der Waals surface area contributed by atoms with Crippen molar-refractivity contribution < 1.29 is 9.32 Å². The summed E-state index contributed by atoms with van der Waals surface area (Å²) < 4.78 is 4.78. The second-order valence-corrected chi connectivity index (χ2v) is 3.82. The van der Waals surface area contributed by atoms with E-state index in [0.717, 1.165) is 5.56 Å². The van der Waals surface area contributed by atoms with Crippen LogP contribution in [0.4, 0.5) is 0 Å². The van der Waals surface area contributed by atoms with Crippen LogP contribution < -0.4 is 0 Å². The van der Waals surface area contributed by atoms with Gasteiger partial charge in [0.25, 0.3) is 0 Å². The molecule has 80 valence electrons. The highest BCUT2D eigenvalue weighted by molar-refractivity contribution is 6.20. The molecule has 0 bridgehead atoms. The Balaban J connectivity index is 2.16. The Morgan fingerprint density at radius 1 is 1.00 bits per heavy atom. The van der Waals surface area contributed by atoms with Gasteiger partial charge in [0, 0.05) is 11.1 Å². The topological polar surface area (TPSA) is 68.9 Å². The molecule has 0 spiro atoms. The second kappa shape index (κ2) is 2.76. The largest absolute Gasteiger partial charge is 0.360 e. The van der Waals surface area contributed by atoms with Gasteiger partial charge in [-0.05, 0) is 0 Å². The van der Waals surface area contributed by atoms with Gasteiger partial charge in [-0.25, -0.2) is 9.97 Å². The van der Waals surface area contributed by atoms with E-state index in [1.807, 2.05) is 18.2 Å². The minimum atomic E-state index is -0.0915. The fourth-order valence-electron chi connectivity index (χ4n) is 2.07. The fraction of sp³-hybridized carbons (Fsp3) is 0. The monoisotopic (exact) mass is 223 g/mol. The molecular formula is C12H5N3O2. The van der Waals surface area contributed by atoms with Gasteiger partial charge >= 0.3 is 0 Å². The SMILES string of the molecule is O=C1c2ccccc2-c2nc3nocc3nc21. The van der Waals surface area contributed by atoms with Crippen molar-refractivity contribution in [3.05, 3.63) is 41.8 Å². The number of carbonyl (C=O) groups excluding carboxylic acids is 1. The highest BCUT2D eigenvalue weighted by atomic mass is 16.5. The maximum Gasteiger partial charge on any atom is 0.221 e. The molecule has 0 fully saturated rings. The molecule has 0 atom stereocenters. The Hall–Kier alpha value is -2.56. The first-order valence-corrected chi connectivity index (χ1v) is 5.11. The summed E-state index contributed by atoms with van der Waals surface area (Å²) in [6.07, 6.45) is 1.39. The van der Waals surface area contributed by atoms with Crippen LogP contribution in [-0.2, 0) is 0 Å². The van der Waals surface area contributed by atoms with E-state index in [0.29, 0.717) is 28.1 Å². The van der Waals surface area contributed by atoms with Gasteiger partial charge in [-0.15, -0.1) is 0 Å². The first kappa shape index (κ1) is 8.58. The molecular weight excluding hydrogens is 218 g/mol. The van der Waals surface area contributed by atoms with Crippen LogP contribution >= 0.6 is 0 Å². The molecule has 0 saturated heterocycles. The summed E-state index contributed by atoms with van der Waals surface area (Å²) in [5.41, 5.74) is 3.35. The van der Waals surface area contributed by atoms with E-state index in [4.69, 9.17) is 4.52 Å². The van der Waals surface area contributed by atoms with E-state index in [1.165, 1.54) is 6.26 Å². The Bertz CT molecular complexity index is 776. The first-order valence-electron chi connectivity index (χ1n) is 5.11. The minimum Gasteiger partial charge on any atom is -0.360 e. The highest BCUT2D eigenvalue weighted by Gasteiger charge is 2.30. The number of nitrogens with zero attached hydrogens (tertiary/aromatic N) is 3. The number of hydrogen-bond donors (Lipinski definition) is 0. The Morgan fingerprint density at radius 3 is 2.71 bits per heavy atom. The molecule has 5 heteroatoms. The van der Waals surface area contributed by atoms with Gasteiger partial charge in [0.1, 0.15) is 16.9 Å². The molecule has 0 saturated carbocycles. The molecule has 0 radical (unpaired) electrons. The third kappa shape index (κ3) is 0.977. The van der Waals surface area contributed by atoms with E-state index in [9.17, 15) is 4.79 Å². The van der Waals surface area contributed by atoms with Crippen LogP contribution in [0.25, 0.3) is 22.4 Å². The van der Waals surface area contributed by atoms with Crippen LogP contribution in [0.3, 0.4) is 0 Å². The van der Waals surface area contributed by atoms with Crippen molar-refractivity contribution in [3.63, 3.8) is 0 Å². The molecule has 1 aromatic carbocycles. The van der Waals surface area contributed by atoms with Gasteiger partial charge in [-0.2, -0.15) is 0 Å². The second-order valence-electron chi connectivity index (χ2n) is 3.82. The van der Waals surface area contributed by atoms with Crippen LogP contribution in [-0.4, -0.2) is 20.9 Å². The van der Waals surface area contributed by atoms with E-state index >= 15 is 0 Å². The number of rotatable bonds is 0. The normalized spacial score (nSPS) is 12.8. The smallest absolute Gasteiger partial charge is 0.221 e. The van der Waals surface area contributed by atoms with Crippen LogP contribution in [0.5, 0.6) is 0 Å². The van der Waals surface area contributed by atoms with Crippen LogP contribution in [0.15, 0.2) is 35.1 Å². The van der Waals surface area contributed by atoms with Crippen molar-refractivity contribution in [2.75, 3.05) is 0 Å². The number of ketones is 1. The van der Waals surface area contributed by atoms with Crippen LogP contribution in [0.1, 0.15) is 16.1 Å². The summed E-state index contributed by atoms with van der Waals surface area (Å²) in [5.74, 6) is -0.0915. The molecule has 0 amide bonds. The van der Waals surface area contributed by atoms with E-state index in [1.54, 1.807) is 6.07 Å². The number of carbonyl (C=O) groups is 1. The first-order chi connectivity index (χ1) is 8.34. The lowest BCUT2D eigenvalue weighted by Crippen LogP contribution is -1.99. The number of hydrogen-bond acceptors (Lipinski definition) is 5. The maximum absolute atomic E-state index is 12.1. The predicted octanol–water partition coefficient (Wildman–Crippen LogP) is 1.83. The van der Waals surface area contributed by atoms with Gasteiger partial charge in [0.05, 0.1) is 0 Å². The third-order valence-electron chi connectivity index (χ3n) is 2.85. The summed E-state index contributed by atoms with van der Waals surface area (Å²) in [6.45, 7) is 0. The number of benzene rings is 1. The van der Waals surface area contributed by atoms with Gasteiger partial charge in [0.2, 0.25) is 11.4 Å². The molecule has 2 aromatic heterocycles. The van der Waals surface area contributed by atoms with Crippen molar-refractivity contribution in [2.24, 2.45) is 0 Å². The molecule has 17 heavy (non-hydrogen) atoms. The zero-order chi connectivity index (χ0) is 11.4. The van der Waals surface area contributed by atoms with E-state index in [2.05, 4.69) is 15.1 Å². The standard InChI is InChI=1S/C12H5N3O2/c16-11-7-4-2-1-3-6(7)9-10(11)13-8-5-17-15-12(8)14-9/h1-5H. The van der Waals surface area contributed by atoms with E-state index < -0.39 is 0 Å². The Morgan fingerprint density at radius 2 is 1.82 bits per heavy atom. The average Bonchev–Trinajstić information content (AvgIpc) is 2.92. The molecule has 1 aliphatic carbocycles. The lowest BCUT2D eigenvalue weighted by Gasteiger charge is -1.96.